The second kappa shape index (κ2) is 8.64. The number of β-amino-alcohol motifs (C(OH)–C–C–N with tert-alkyl or cyclic N) is 2. The lowest BCUT2D eigenvalue weighted by Crippen LogP contribution is -2.49. The molecular weight excluding hydrogens is 292 g/mol. The summed E-state index contributed by atoms with van der Waals surface area (Å²) in [5.74, 6) is 0.870. The van der Waals surface area contributed by atoms with Gasteiger partial charge in [-0.2, -0.15) is 0 Å². The minimum Gasteiger partial charge on any atom is -0.491 e. The van der Waals surface area contributed by atoms with Crippen molar-refractivity contribution in [1.82, 2.24) is 9.80 Å². The first-order chi connectivity index (χ1) is 11.0. The average molecular weight is 322 g/mol. The zero-order valence-corrected chi connectivity index (χ0v) is 14.6. The number of aliphatic hydroxyl groups excluding tert-OH is 2. The van der Waals surface area contributed by atoms with Gasteiger partial charge in [0.25, 0.3) is 0 Å². The molecule has 1 aliphatic heterocycles. The lowest BCUT2D eigenvalue weighted by molar-refractivity contribution is 0.0427. The van der Waals surface area contributed by atoms with Crippen LogP contribution in [0.5, 0.6) is 5.75 Å². The molecule has 5 nitrogen and oxygen atoms in total. The van der Waals surface area contributed by atoms with Crippen molar-refractivity contribution in [2.75, 3.05) is 52.5 Å². The number of hydrogen-bond donors (Lipinski definition) is 2. The van der Waals surface area contributed by atoms with Crippen LogP contribution in [0.1, 0.15) is 16.7 Å². The van der Waals surface area contributed by atoms with Crippen LogP contribution in [0, 0.1) is 20.8 Å². The highest BCUT2D eigenvalue weighted by Gasteiger charge is 2.19. The molecular formula is C18H30N2O3. The first kappa shape index (κ1) is 18.2. The third-order valence-corrected chi connectivity index (χ3v) is 4.55. The normalized spacial score (nSPS) is 18.1. The minimum atomic E-state index is -0.486. The fourth-order valence-corrected chi connectivity index (χ4v) is 3.02. The van der Waals surface area contributed by atoms with E-state index in [-0.39, 0.29) is 6.61 Å². The summed E-state index contributed by atoms with van der Waals surface area (Å²) in [7, 11) is 0. The Kier molecular flexibility index (Phi) is 6.84. The summed E-state index contributed by atoms with van der Waals surface area (Å²) in [5, 5.41) is 19.2. The van der Waals surface area contributed by atoms with Crippen LogP contribution in [0.4, 0.5) is 0 Å². The van der Waals surface area contributed by atoms with Crippen LogP contribution in [0.25, 0.3) is 0 Å². The molecule has 1 saturated heterocycles. The molecule has 23 heavy (non-hydrogen) atoms. The van der Waals surface area contributed by atoms with E-state index in [1.807, 2.05) is 6.07 Å². The van der Waals surface area contributed by atoms with E-state index in [1.165, 1.54) is 11.1 Å². The number of ether oxygens (including phenoxy) is 1. The molecule has 1 heterocycles. The first-order valence-corrected chi connectivity index (χ1v) is 8.44. The van der Waals surface area contributed by atoms with E-state index >= 15 is 0 Å². The second-order valence-electron chi connectivity index (χ2n) is 6.54. The zero-order valence-electron chi connectivity index (χ0n) is 14.6. The summed E-state index contributed by atoms with van der Waals surface area (Å²) < 4.78 is 5.84. The summed E-state index contributed by atoms with van der Waals surface area (Å²) in [5.41, 5.74) is 3.53. The van der Waals surface area contributed by atoms with Crippen LogP contribution in [-0.2, 0) is 0 Å². The molecule has 0 radical (unpaired) electrons. The zero-order chi connectivity index (χ0) is 16.8. The highest BCUT2D eigenvalue weighted by molar-refractivity contribution is 5.41. The lowest BCUT2D eigenvalue weighted by atomic mass is 10.1. The van der Waals surface area contributed by atoms with Gasteiger partial charge in [0.2, 0.25) is 0 Å². The van der Waals surface area contributed by atoms with E-state index in [4.69, 9.17) is 9.84 Å². The molecule has 5 heteroatoms. The molecule has 1 fully saturated rings. The van der Waals surface area contributed by atoms with Crippen LogP contribution in [0.15, 0.2) is 12.1 Å². The summed E-state index contributed by atoms with van der Waals surface area (Å²) in [6.07, 6.45) is -0.486. The Morgan fingerprint density at radius 3 is 2.39 bits per heavy atom. The molecule has 0 aromatic heterocycles. The quantitative estimate of drug-likeness (QED) is 0.783. The number of hydrogen-bond acceptors (Lipinski definition) is 5. The molecule has 0 saturated carbocycles. The Morgan fingerprint density at radius 2 is 1.74 bits per heavy atom. The Bertz CT molecular complexity index is 499. The Hall–Kier alpha value is -1.14. The number of piperazine rings is 1. The van der Waals surface area contributed by atoms with Gasteiger partial charge in [-0.25, -0.2) is 0 Å². The van der Waals surface area contributed by atoms with E-state index in [2.05, 4.69) is 36.6 Å². The van der Waals surface area contributed by atoms with Crippen molar-refractivity contribution in [1.29, 1.82) is 0 Å². The molecule has 0 spiro atoms. The lowest BCUT2D eigenvalue weighted by Gasteiger charge is -2.35. The van der Waals surface area contributed by atoms with Crippen molar-refractivity contribution >= 4 is 0 Å². The maximum absolute atomic E-state index is 10.2. The molecule has 2 N–H and O–H groups in total. The van der Waals surface area contributed by atoms with E-state index < -0.39 is 6.10 Å². The van der Waals surface area contributed by atoms with Gasteiger partial charge in [0.05, 0.1) is 6.61 Å². The summed E-state index contributed by atoms with van der Waals surface area (Å²) >= 11 is 0. The van der Waals surface area contributed by atoms with Gasteiger partial charge < -0.3 is 14.9 Å². The van der Waals surface area contributed by atoms with E-state index in [0.29, 0.717) is 13.2 Å². The van der Waals surface area contributed by atoms with Gasteiger partial charge in [-0.15, -0.1) is 0 Å². The number of benzene rings is 1. The number of rotatable bonds is 7. The van der Waals surface area contributed by atoms with Crippen LogP contribution in [0.2, 0.25) is 0 Å². The number of nitrogens with zero attached hydrogens (tertiary/aromatic N) is 2. The van der Waals surface area contributed by atoms with E-state index in [9.17, 15) is 5.11 Å². The maximum Gasteiger partial charge on any atom is 0.122 e. The topological polar surface area (TPSA) is 56.2 Å². The maximum atomic E-state index is 10.2. The predicted molar refractivity (Wildman–Crippen MR) is 92.1 cm³/mol. The number of aryl methyl sites for hydroxylation is 2. The largest absolute Gasteiger partial charge is 0.491 e. The van der Waals surface area contributed by atoms with Crippen molar-refractivity contribution in [3.8, 4) is 5.75 Å². The molecule has 0 amide bonds. The molecule has 1 atom stereocenters. The van der Waals surface area contributed by atoms with Gasteiger partial charge in [-0.05, 0) is 43.5 Å². The van der Waals surface area contributed by atoms with Gasteiger partial charge in [0.1, 0.15) is 18.5 Å². The SMILES string of the molecule is Cc1cc(C)c(C)c(OCC(O)CN2CCN(CCO)CC2)c1. The van der Waals surface area contributed by atoms with E-state index in [1.54, 1.807) is 0 Å². The monoisotopic (exact) mass is 322 g/mol. The van der Waals surface area contributed by atoms with Crippen LogP contribution >= 0.6 is 0 Å². The molecule has 1 aliphatic rings. The second-order valence-corrected chi connectivity index (χ2v) is 6.54. The number of aliphatic hydroxyl groups is 2. The van der Waals surface area contributed by atoms with Crippen molar-refractivity contribution < 1.29 is 14.9 Å². The predicted octanol–water partition coefficient (Wildman–Crippen LogP) is 0.961. The third kappa shape index (κ3) is 5.46. The Morgan fingerprint density at radius 1 is 1.09 bits per heavy atom. The van der Waals surface area contributed by atoms with Crippen LogP contribution in [-0.4, -0.2) is 78.6 Å². The highest BCUT2D eigenvalue weighted by Crippen LogP contribution is 2.23. The fourth-order valence-electron chi connectivity index (χ4n) is 3.02. The molecule has 0 aliphatic carbocycles. The molecule has 1 aromatic carbocycles. The van der Waals surface area contributed by atoms with Gasteiger partial charge in [-0.1, -0.05) is 6.07 Å². The molecule has 2 rings (SSSR count). The van der Waals surface area contributed by atoms with Crippen molar-refractivity contribution in [2.24, 2.45) is 0 Å². The first-order valence-electron chi connectivity index (χ1n) is 8.44. The molecule has 1 aromatic rings. The Balaban J connectivity index is 1.77. The standard InChI is InChI=1S/C18H30N2O3/c1-14-10-15(2)16(3)18(11-14)23-13-17(22)12-20-6-4-19(5-7-20)8-9-21/h10-11,17,21-22H,4-9,12-13H2,1-3H3. The molecule has 0 bridgehead atoms. The van der Waals surface area contributed by atoms with Crippen LogP contribution < -0.4 is 4.74 Å². The van der Waals surface area contributed by atoms with Crippen LogP contribution in [0.3, 0.4) is 0 Å². The summed E-state index contributed by atoms with van der Waals surface area (Å²) in [6.45, 7) is 11.9. The minimum absolute atomic E-state index is 0.214. The van der Waals surface area contributed by atoms with Crippen molar-refractivity contribution in [3.63, 3.8) is 0 Å². The van der Waals surface area contributed by atoms with E-state index in [0.717, 1.165) is 44.0 Å². The summed E-state index contributed by atoms with van der Waals surface area (Å²) in [6, 6.07) is 4.17. The summed E-state index contributed by atoms with van der Waals surface area (Å²) in [4.78, 5) is 4.51. The third-order valence-electron chi connectivity index (χ3n) is 4.55. The molecule has 130 valence electrons. The highest BCUT2D eigenvalue weighted by atomic mass is 16.5. The smallest absolute Gasteiger partial charge is 0.122 e. The molecule has 1 unspecified atom stereocenters. The van der Waals surface area contributed by atoms with Crippen molar-refractivity contribution in [2.45, 2.75) is 26.9 Å². The van der Waals surface area contributed by atoms with Crippen molar-refractivity contribution in [3.05, 3.63) is 28.8 Å². The van der Waals surface area contributed by atoms with Gasteiger partial charge in [0.15, 0.2) is 0 Å². The fraction of sp³-hybridized carbons (Fsp3) is 0.667. The van der Waals surface area contributed by atoms with Gasteiger partial charge >= 0.3 is 0 Å². The van der Waals surface area contributed by atoms with Gasteiger partial charge in [0, 0.05) is 39.3 Å². The Labute approximate surface area is 139 Å². The van der Waals surface area contributed by atoms with Gasteiger partial charge in [-0.3, -0.25) is 9.80 Å². The average Bonchev–Trinajstić information content (AvgIpc) is 2.51.